The molecule has 3 nitrogen and oxygen atoms in total. The van der Waals surface area contributed by atoms with Crippen LogP contribution in [0.1, 0.15) is 21.5 Å². The van der Waals surface area contributed by atoms with Gasteiger partial charge in [-0.3, -0.25) is 4.79 Å². The van der Waals surface area contributed by atoms with Crippen LogP contribution in [0.5, 0.6) is 5.75 Å². The summed E-state index contributed by atoms with van der Waals surface area (Å²) in [4.78, 5) is 12.6. The lowest BCUT2D eigenvalue weighted by Crippen LogP contribution is -2.04. The van der Waals surface area contributed by atoms with Gasteiger partial charge in [-0.1, -0.05) is 31.9 Å². The summed E-state index contributed by atoms with van der Waals surface area (Å²) in [5, 5.41) is 0. The van der Waals surface area contributed by atoms with E-state index in [2.05, 4.69) is 31.9 Å². The molecule has 0 atom stereocenters. The van der Waals surface area contributed by atoms with Gasteiger partial charge in [-0.25, -0.2) is 0 Å². The Kier molecular flexibility index (Phi) is 4.50. The molecule has 104 valence electrons. The summed E-state index contributed by atoms with van der Waals surface area (Å²) < 4.78 is 6.80. The highest BCUT2D eigenvalue weighted by Crippen LogP contribution is 2.29. The highest BCUT2D eigenvalue weighted by atomic mass is 79.9. The van der Waals surface area contributed by atoms with Gasteiger partial charge < -0.3 is 10.5 Å². The summed E-state index contributed by atoms with van der Waals surface area (Å²) in [6.45, 7) is 1.97. The first-order valence-corrected chi connectivity index (χ1v) is 7.46. The predicted molar refractivity (Wildman–Crippen MR) is 87.4 cm³/mol. The van der Waals surface area contributed by atoms with Gasteiger partial charge >= 0.3 is 0 Å². The molecule has 2 aromatic carbocycles. The third-order valence-electron chi connectivity index (χ3n) is 2.99. The number of methoxy groups -OCH3 is 1. The molecule has 0 saturated carbocycles. The third-order valence-corrected chi connectivity index (χ3v) is 4.50. The van der Waals surface area contributed by atoms with Crippen molar-refractivity contribution >= 4 is 43.3 Å². The minimum atomic E-state index is -0.0872. The Morgan fingerprint density at radius 2 is 1.85 bits per heavy atom. The van der Waals surface area contributed by atoms with E-state index >= 15 is 0 Å². The van der Waals surface area contributed by atoms with Gasteiger partial charge in [-0.05, 0) is 42.8 Å². The van der Waals surface area contributed by atoms with Crippen LogP contribution in [0.4, 0.5) is 5.69 Å². The van der Waals surface area contributed by atoms with E-state index < -0.39 is 0 Å². The van der Waals surface area contributed by atoms with Crippen molar-refractivity contribution in [1.82, 2.24) is 0 Å². The lowest BCUT2D eigenvalue weighted by Gasteiger charge is -2.09. The van der Waals surface area contributed by atoms with Crippen molar-refractivity contribution in [2.24, 2.45) is 0 Å². The zero-order valence-corrected chi connectivity index (χ0v) is 14.2. The summed E-state index contributed by atoms with van der Waals surface area (Å²) in [7, 11) is 1.53. The van der Waals surface area contributed by atoms with E-state index in [1.807, 2.05) is 19.1 Å². The normalized spacial score (nSPS) is 10.4. The fourth-order valence-electron chi connectivity index (χ4n) is 1.83. The van der Waals surface area contributed by atoms with E-state index in [4.69, 9.17) is 10.5 Å². The summed E-state index contributed by atoms with van der Waals surface area (Å²) in [5.41, 5.74) is 8.45. The monoisotopic (exact) mass is 397 g/mol. The largest absolute Gasteiger partial charge is 0.495 e. The van der Waals surface area contributed by atoms with Crippen molar-refractivity contribution in [3.05, 3.63) is 56.0 Å². The Balaban J connectivity index is 2.49. The van der Waals surface area contributed by atoms with Crippen molar-refractivity contribution in [2.45, 2.75) is 6.92 Å². The fraction of sp³-hybridized carbons (Fsp3) is 0.133. The molecule has 5 heteroatoms. The highest BCUT2D eigenvalue weighted by molar-refractivity contribution is 9.11. The minimum absolute atomic E-state index is 0.0872. The van der Waals surface area contributed by atoms with Crippen LogP contribution in [-0.2, 0) is 0 Å². The number of nitrogens with two attached hydrogens (primary N) is 1. The molecule has 0 radical (unpaired) electrons. The van der Waals surface area contributed by atoms with Gasteiger partial charge in [0.15, 0.2) is 5.78 Å². The number of ether oxygens (including phenoxy) is 1. The molecule has 0 saturated heterocycles. The van der Waals surface area contributed by atoms with Crippen LogP contribution in [0.3, 0.4) is 0 Å². The van der Waals surface area contributed by atoms with Crippen LogP contribution >= 0.6 is 31.9 Å². The van der Waals surface area contributed by atoms with Crippen molar-refractivity contribution in [3.63, 3.8) is 0 Å². The zero-order valence-electron chi connectivity index (χ0n) is 11.0. The molecule has 0 aliphatic heterocycles. The van der Waals surface area contributed by atoms with Gasteiger partial charge in [0.05, 0.1) is 12.8 Å². The Morgan fingerprint density at radius 1 is 1.15 bits per heavy atom. The SMILES string of the molecule is COc1cc(C(=O)c2cc(Br)c(C)cc2Br)ccc1N. The second-order valence-corrected chi connectivity index (χ2v) is 6.08. The number of anilines is 1. The molecular weight excluding hydrogens is 386 g/mol. The maximum absolute atomic E-state index is 12.6. The van der Waals surface area contributed by atoms with Crippen LogP contribution < -0.4 is 10.5 Å². The first-order valence-electron chi connectivity index (χ1n) is 5.88. The molecule has 0 heterocycles. The average Bonchev–Trinajstić information content (AvgIpc) is 2.42. The number of carbonyl (C=O) groups excluding carboxylic acids is 1. The van der Waals surface area contributed by atoms with E-state index in [1.54, 1.807) is 18.2 Å². The van der Waals surface area contributed by atoms with E-state index in [9.17, 15) is 4.79 Å². The minimum Gasteiger partial charge on any atom is -0.495 e. The molecule has 20 heavy (non-hydrogen) atoms. The Hall–Kier alpha value is -1.33. The molecule has 0 fully saturated rings. The van der Waals surface area contributed by atoms with E-state index in [0.29, 0.717) is 22.6 Å². The van der Waals surface area contributed by atoms with Crippen molar-refractivity contribution in [1.29, 1.82) is 0 Å². The molecule has 2 aromatic rings. The van der Waals surface area contributed by atoms with Crippen molar-refractivity contribution in [2.75, 3.05) is 12.8 Å². The molecule has 0 amide bonds. The van der Waals surface area contributed by atoms with Gasteiger partial charge in [0.2, 0.25) is 0 Å². The summed E-state index contributed by atoms with van der Waals surface area (Å²) >= 11 is 6.87. The van der Waals surface area contributed by atoms with Crippen LogP contribution in [0, 0.1) is 6.92 Å². The second-order valence-electron chi connectivity index (χ2n) is 4.37. The molecule has 0 aromatic heterocycles. The fourth-order valence-corrected chi connectivity index (χ4v) is 2.81. The lowest BCUT2D eigenvalue weighted by molar-refractivity contribution is 0.103. The first kappa shape index (κ1) is 15.1. The number of halogens is 2. The quantitative estimate of drug-likeness (QED) is 0.617. The topological polar surface area (TPSA) is 52.3 Å². The van der Waals surface area contributed by atoms with Crippen molar-refractivity contribution < 1.29 is 9.53 Å². The number of nitrogen functional groups attached to an aromatic ring is 1. The predicted octanol–water partition coefficient (Wildman–Crippen LogP) is 4.34. The lowest BCUT2D eigenvalue weighted by atomic mass is 10.0. The number of hydrogen-bond donors (Lipinski definition) is 1. The van der Waals surface area contributed by atoms with Gasteiger partial charge in [-0.2, -0.15) is 0 Å². The molecule has 0 aliphatic rings. The van der Waals surface area contributed by atoms with Crippen LogP contribution in [0.15, 0.2) is 39.3 Å². The number of ketones is 1. The number of aryl methyl sites for hydroxylation is 1. The van der Waals surface area contributed by atoms with Gasteiger partial charge in [0.25, 0.3) is 0 Å². The van der Waals surface area contributed by atoms with Gasteiger partial charge in [-0.15, -0.1) is 0 Å². The third kappa shape index (κ3) is 2.88. The molecule has 0 spiro atoms. The van der Waals surface area contributed by atoms with Gasteiger partial charge in [0.1, 0.15) is 5.75 Å². The van der Waals surface area contributed by atoms with E-state index in [0.717, 1.165) is 14.5 Å². The Labute approximate surface area is 134 Å². The number of rotatable bonds is 3. The molecule has 2 rings (SSSR count). The number of hydrogen-bond acceptors (Lipinski definition) is 3. The maximum atomic E-state index is 12.6. The van der Waals surface area contributed by atoms with E-state index in [1.165, 1.54) is 7.11 Å². The molecule has 0 aliphatic carbocycles. The van der Waals surface area contributed by atoms with Crippen molar-refractivity contribution in [3.8, 4) is 5.75 Å². The van der Waals surface area contributed by atoms with Crippen LogP contribution in [-0.4, -0.2) is 12.9 Å². The Bertz CT molecular complexity index is 684. The Morgan fingerprint density at radius 3 is 2.50 bits per heavy atom. The van der Waals surface area contributed by atoms with E-state index in [-0.39, 0.29) is 5.78 Å². The second kappa shape index (κ2) is 5.97. The molecular formula is C15H13Br2NO2. The summed E-state index contributed by atoms with van der Waals surface area (Å²) in [6.07, 6.45) is 0. The molecule has 0 bridgehead atoms. The standard InChI is InChI=1S/C15H13Br2NO2/c1-8-5-12(17)10(7-11(8)16)15(19)9-3-4-13(18)14(6-9)20-2/h3-7H,18H2,1-2H3. The molecule has 2 N–H and O–H groups in total. The average molecular weight is 399 g/mol. The zero-order chi connectivity index (χ0) is 14.9. The van der Waals surface area contributed by atoms with Gasteiger partial charge in [0, 0.05) is 20.1 Å². The number of benzene rings is 2. The summed E-state index contributed by atoms with van der Waals surface area (Å²) in [6, 6.07) is 8.73. The highest BCUT2D eigenvalue weighted by Gasteiger charge is 2.15. The first-order chi connectivity index (χ1) is 9.43. The number of carbonyl (C=O) groups is 1. The maximum Gasteiger partial charge on any atom is 0.194 e. The summed E-state index contributed by atoms with van der Waals surface area (Å²) in [5.74, 6) is 0.411. The van der Waals surface area contributed by atoms with Crippen LogP contribution in [0.2, 0.25) is 0 Å². The smallest absolute Gasteiger partial charge is 0.194 e. The molecule has 0 unspecified atom stereocenters. The van der Waals surface area contributed by atoms with Crippen LogP contribution in [0.25, 0.3) is 0 Å².